The van der Waals surface area contributed by atoms with E-state index in [1.165, 1.54) is 19.4 Å². The van der Waals surface area contributed by atoms with Crippen molar-refractivity contribution in [1.29, 1.82) is 0 Å². The number of fused-ring (bicyclic) bond motifs is 7. The minimum absolute atomic E-state index is 0.0512. The first-order valence-electron chi connectivity index (χ1n) is 26.6. The van der Waals surface area contributed by atoms with Crippen molar-refractivity contribution in [3.05, 3.63) is 47.5 Å². The zero-order chi connectivity index (χ0) is 51.4. The Bertz CT molecular complexity index is 2090. The fourth-order valence-electron chi connectivity index (χ4n) is 15.9. The molecule has 1 aromatic carbocycles. The Morgan fingerprint density at radius 3 is 1.87 bits per heavy atom. The third-order valence-corrected chi connectivity index (χ3v) is 20.5. The molecule has 23 atom stereocenters. The molecule has 71 heavy (non-hydrogen) atoms. The first-order chi connectivity index (χ1) is 33.3. The van der Waals surface area contributed by atoms with Gasteiger partial charge in [-0.2, -0.15) is 0 Å². The number of aliphatic hydroxyl groups excluding tert-OH is 8. The third kappa shape index (κ3) is 8.90. The average Bonchev–Trinajstić information content (AvgIpc) is 3.33. The summed E-state index contributed by atoms with van der Waals surface area (Å²) in [6.07, 6.45) is -11.0. The average molecular weight is 1000 g/mol. The fourth-order valence-corrected chi connectivity index (χ4v) is 15.9. The Kier molecular flexibility index (Phi) is 14.7. The van der Waals surface area contributed by atoms with Gasteiger partial charge in [0.15, 0.2) is 18.9 Å². The van der Waals surface area contributed by atoms with Gasteiger partial charge in [-0.3, -0.25) is 4.79 Å². The minimum atomic E-state index is -1.74. The van der Waals surface area contributed by atoms with Crippen LogP contribution >= 0.6 is 0 Å². The molecule has 8 N–H and O–H groups in total. The standard InChI is InChI=1S/C55H84O16/c1-28-37(57)39(59)41(61)46(66-28)70-44-33(26-56)68-48(45(43(44)63)71-47-42(62)40(60)38(58)29(2)67-47)69-36-18-19-52(7)34(51(36,5)6)17-20-54(9)35(52)16-15-31-32-25-50(3,4)21-23-55(32,24-22-53(31,54)8)49(64)65-27-30-13-11-10-12-14-30/h10-15,28-29,32-48,56-63H,16-27H2,1-9H3/t28-,29-,32+,33-,34+,35-,36+,37-,38-,39+,40+,41+,42+,43+,44+,45-,46-,47-,48+,52+,53-,54-,55+/m1/s1. The highest BCUT2D eigenvalue weighted by atomic mass is 16.8. The maximum Gasteiger partial charge on any atom is 0.313 e. The fraction of sp³-hybridized carbons (Fsp3) is 0.836. The smallest absolute Gasteiger partial charge is 0.313 e. The van der Waals surface area contributed by atoms with Gasteiger partial charge in [0.1, 0.15) is 67.6 Å². The van der Waals surface area contributed by atoms with Crippen LogP contribution in [0.15, 0.2) is 42.0 Å². The summed E-state index contributed by atoms with van der Waals surface area (Å²) in [5.74, 6) is 0.586. The number of rotatable bonds is 10. The van der Waals surface area contributed by atoms with Crippen LogP contribution in [0.2, 0.25) is 0 Å². The van der Waals surface area contributed by atoms with Crippen molar-refractivity contribution in [3.8, 4) is 0 Å². The Morgan fingerprint density at radius 1 is 0.648 bits per heavy atom. The van der Waals surface area contributed by atoms with E-state index >= 15 is 0 Å². The summed E-state index contributed by atoms with van der Waals surface area (Å²) in [4.78, 5) is 14.6. The Balaban J connectivity index is 0.973. The summed E-state index contributed by atoms with van der Waals surface area (Å²) in [5, 5.41) is 87.1. The maximum atomic E-state index is 14.6. The predicted molar refractivity (Wildman–Crippen MR) is 256 cm³/mol. The molecule has 9 rings (SSSR count). The second kappa shape index (κ2) is 19.5. The highest BCUT2D eigenvalue weighted by Gasteiger charge is 2.70. The number of ether oxygens (including phenoxy) is 7. The summed E-state index contributed by atoms with van der Waals surface area (Å²) >= 11 is 0. The molecule has 3 heterocycles. The monoisotopic (exact) mass is 1000 g/mol. The number of esters is 1. The van der Waals surface area contributed by atoms with E-state index in [9.17, 15) is 45.6 Å². The molecule has 16 heteroatoms. The number of carbonyl (C=O) groups excluding carboxylic acids is 1. The molecule has 8 aliphatic rings. The number of benzene rings is 1. The maximum absolute atomic E-state index is 14.6. The molecule has 0 unspecified atom stereocenters. The minimum Gasteiger partial charge on any atom is -0.460 e. The van der Waals surface area contributed by atoms with Crippen LogP contribution < -0.4 is 0 Å². The lowest BCUT2D eigenvalue weighted by Crippen LogP contribution is -2.68. The van der Waals surface area contributed by atoms with Crippen molar-refractivity contribution in [2.45, 2.75) is 231 Å². The van der Waals surface area contributed by atoms with Crippen molar-refractivity contribution in [3.63, 3.8) is 0 Å². The van der Waals surface area contributed by atoms with Gasteiger partial charge in [-0.15, -0.1) is 0 Å². The molecule has 0 aromatic heterocycles. The summed E-state index contributed by atoms with van der Waals surface area (Å²) in [7, 11) is 0. The van der Waals surface area contributed by atoms with Crippen molar-refractivity contribution >= 4 is 5.97 Å². The molecule has 0 bridgehead atoms. The predicted octanol–water partition coefficient (Wildman–Crippen LogP) is 4.42. The zero-order valence-electron chi connectivity index (χ0n) is 43.3. The third-order valence-electron chi connectivity index (χ3n) is 20.5. The SMILES string of the molecule is C[C@H]1O[C@H](O[C@@H]2[C@H](O)[C@@H](O[C@H]3O[C@H](C)[C@@H](O)[C@H](O)[C@@H]3O)[C@H](O[C@H]3CC[C@]4(C)[C@H]5CC=C6[C@@H]7CC(C)(C)CC[C@]7(C(=O)OCc7ccccc7)CC[C@@]6(C)[C@]5(C)CC[C@H]4C3(C)C)O[C@@H]2CO)[C@@H](O)[C@@H](O)[C@@H]1O. The lowest BCUT2D eigenvalue weighted by atomic mass is 9.33. The van der Waals surface area contributed by atoms with E-state index in [2.05, 4.69) is 54.5 Å². The zero-order valence-corrected chi connectivity index (χ0v) is 43.3. The number of aliphatic hydroxyl groups is 8. The molecule has 5 aliphatic carbocycles. The molecule has 16 nitrogen and oxygen atoms in total. The molecule has 4 saturated carbocycles. The van der Waals surface area contributed by atoms with Crippen LogP contribution in [0.5, 0.6) is 0 Å². The van der Waals surface area contributed by atoms with Crippen LogP contribution in [0.1, 0.15) is 132 Å². The van der Waals surface area contributed by atoms with Gasteiger partial charge in [0.05, 0.1) is 30.3 Å². The summed E-state index contributed by atoms with van der Waals surface area (Å²) in [6, 6.07) is 9.95. The quantitative estimate of drug-likeness (QED) is 0.0919. The van der Waals surface area contributed by atoms with E-state index in [4.69, 9.17) is 33.2 Å². The first-order valence-corrected chi connectivity index (χ1v) is 26.6. The molecule has 400 valence electrons. The van der Waals surface area contributed by atoms with Crippen molar-refractivity contribution < 1.29 is 78.8 Å². The number of hydrogen-bond acceptors (Lipinski definition) is 16. The van der Waals surface area contributed by atoms with Gasteiger partial charge < -0.3 is 74.0 Å². The molecular weight excluding hydrogens is 917 g/mol. The van der Waals surface area contributed by atoms with Gasteiger partial charge in [0.2, 0.25) is 0 Å². The number of hydrogen-bond donors (Lipinski definition) is 8. The number of carbonyl (C=O) groups is 1. The Labute approximate surface area is 419 Å². The highest BCUT2D eigenvalue weighted by Crippen LogP contribution is 2.76. The summed E-state index contributed by atoms with van der Waals surface area (Å²) in [6.45, 7) is 19.3. The molecule has 0 radical (unpaired) electrons. The van der Waals surface area contributed by atoms with Gasteiger partial charge >= 0.3 is 5.97 Å². The summed E-state index contributed by atoms with van der Waals surface area (Å²) < 4.78 is 43.6. The van der Waals surface area contributed by atoms with E-state index in [0.717, 1.165) is 63.4 Å². The van der Waals surface area contributed by atoms with Gasteiger partial charge in [0.25, 0.3) is 0 Å². The molecule has 1 aromatic rings. The molecular formula is C55H84O16. The van der Waals surface area contributed by atoms with Crippen LogP contribution in [0.25, 0.3) is 0 Å². The second-order valence-electron chi connectivity index (χ2n) is 25.2. The van der Waals surface area contributed by atoms with Gasteiger partial charge in [-0.05, 0) is 128 Å². The largest absolute Gasteiger partial charge is 0.460 e. The van der Waals surface area contributed by atoms with Crippen LogP contribution in [-0.4, -0.2) is 152 Å². The van der Waals surface area contributed by atoms with E-state index in [1.807, 2.05) is 30.3 Å². The summed E-state index contributed by atoms with van der Waals surface area (Å²) in [5.41, 5.74) is 1.26. The lowest BCUT2D eigenvalue weighted by Gasteiger charge is -2.71. The van der Waals surface area contributed by atoms with Crippen molar-refractivity contribution in [2.24, 2.45) is 50.2 Å². The van der Waals surface area contributed by atoms with Crippen molar-refractivity contribution in [1.82, 2.24) is 0 Å². The van der Waals surface area contributed by atoms with E-state index in [0.29, 0.717) is 12.3 Å². The second-order valence-corrected chi connectivity index (χ2v) is 25.2. The lowest BCUT2D eigenvalue weighted by molar-refractivity contribution is -0.393. The van der Waals surface area contributed by atoms with Gasteiger partial charge in [-0.25, -0.2) is 0 Å². The van der Waals surface area contributed by atoms with Crippen LogP contribution in [0.4, 0.5) is 0 Å². The Morgan fingerprint density at radius 2 is 1.25 bits per heavy atom. The number of allylic oxidation sites excluding steroid dienone is 2. The van der Waals surface area contributed by atoms with E-state index in [-0.39, 0.29) is 46.1 Å². The van der Waals surface area contributed by atoms with Gasteiger partial charge in [0, 0.05) is 0 Å². The first kappa shape index (κ1) is 53.7. The van der Waals surface area contributed by atoms with E-state index < -0.39 is 116 Å². The van der Waals surface area contributed by atoms with Crippen LogP contribution in [0.3, 0.4) is 0 Å². The topological polar surface area (TPSA) is 244 Å². The van der Waals surface area contributed by atoms with Crippen molar-refractivity contribution in [2.75, 3.05) is 6.61 Å². The molecule has 0 spiro atoms. The molecule has 3 aliphatic heterocycles. The normalized spacial score (nSPS) is 50.3. The van der Waals surface area contributed by atoms with Crippen LogP contribution in [-0.2, 0) is 44.6 Å². The Hall–Kier alpha value is -2.13. The van der Waals surface area contributed by atoms with E-state index in [1.54, 1.807) is 0 Å². The molecule has 3 saturated heterocycles. The van der Waals surface area contributed by atoms with Crippen LogP contribution in [0, 0.1) is 50.2 Å². The molecule has 0 amide bonds. The molecule has 7 fully saturated rings. The van der Waals surface area contributed by atoms with Gasteiger partial charge in [-0.1, -0.05) is 90.4 Å². The highest BCUT2D eigenvalue weighted by molar-refractivity contribution is 5.79.